The molecule has 0 bridgehead atoms. The minimum absolute atomic E-state index is 0.0273. The summed E-state index contributed by atoms with van der Waals surface area (Å²) in [5.74, 6) is -1.62. The molecule has 45 heavy (non-hydrogen) atoms. The van der Waals surface area contributed by atoms with Gasteiger partial charge in [-0.2, -0.15) is 23.1 Å². The number of hydrogen-bond acceptors (Lipinski definition) is 8. The molecule has 2 aliphatic rings. The number of carbonyl (C=O) groups is 1. The lowest BCUT2D eigenvalue weighted by atomic mass is 10.1. The zero-order chi connectivity index (χ0) is 32.2. The molecular formula is C29H28ClF4N7O4. The molecule has 1 N–H and O–H groups in total. The van der Waals surface area contributed by atoms with Gasteiger partial charge in [0.05, 0.1) is 10.7 Å². The molecule has 2 fully saturated rings. The molecule has 0 radical (unpaired) electrons. The minimum Gasteiger partial charge on any atom is -0.465 e. The van der Waals surface area contributed by atoms with E-state index in [1.54, 1.807) is 42.0 Å². The molecule has 2 aliphatic heterocycles. The van der Waals surface area contributed by atoms with E-state index in [-0.39, 0.29) is 73.2 Å². The van der Waals surface area contributed by atoms with Crippen molar-refractivity contribution in [2.75, 3.05) is 44.7 Å². The van der Waals surface area contributed by atoms with Crippen LogP contribution < -0.4 is 15.2 Å². The van der Waals surface area contributed by atoms with Gasteiger partial charge >= 0.3 is 18.3 Å². The average molecular weight is 650 g/mol. The summed E-state index contributed by atoms with van der Waals surface area (Å²) in [6.45, 7) is 1.97. The van der Waals surface area contributed by atoms with Gasteiger partial charge < -0.3 is 19.6 Å². The number of ether oxygens (including phenoxy) is 1. The third kappa shape index (κ3) is 5.70. The Balaban J connectivity index is 1.58. The van der Waals surface area contributed by atoms with Gasteiger partial charge in [-0.1, -0.05) is 35.9 Å². The first-order valence-corrected chi connectivity index (χ1v) is 14.5. The smallest absolute Gasteiger partial charge is 0.450 e. The maximum Gasteiger partial charge on any atom is 0.450 e. The summed E-state index contributed by atoms with van der Waals surface area (Å²) in [5, 5.41) is 10.3. The lowest BCUT2D eigenvalue weighted by Crippen LogP contribution is -2.53. The SMILES string of the molecule is CC1CN(C(=O)O)CCN1c1nc(OC[C@@H]2C[C@@H](F)CN2C)nc2c(=O)n(-c3cccc4cccc(Cl)c34)c(C(F)(F)F)nc12. The second-order valence-corrected chi connectivity index (χ2v) is 11.6. The molecule has 4 aromatic rings. The number of carboxylic acid groups (broad SMARTS) is 1. The van der Waals surface area contributed by atoms with Gasteiger partial charge in [0.15, 0.2) is 11.3 Å². The molecule has 6 rings (SSSR count). The number of likely N-dealkylation sites (tertiary alicyclic amines) is 1. The van der Waals surface area contributed by atoms with Crippen molar-refractivity contribution in [3.05, 3.63) is 57.6 Å². The number of likely N-dealkylation sites (N-methyl/N-ethyl adjacent to an activating group) is 1. The number of hydrogen-bond donors (Lipinski definition) is 1. The highest BCUT2D eigenvalue weighted by molar-refractivity contribution is 6.36. The van der Waals surface area contributed by atoms with Crippen LogP contribution in [0.1, 0.15) is 19.2 Å². The van der Waals surface area contributed by atoms with Crippen LogP contribution in [0, 0.1) is 0 Å². The van der Waals surface area contributed by atoms with Crippen LogP contribution in [0.2, 0.25) is 5.02 Å². The first-order valence-electron chi connectivity index (χ1n) is 14.1. The summed E-state index contributed by atoms with van der Waals surface area (Å²) in [4.78, 5) is 42.9. The van der Waals surface area contributed by atoms with Crippen molar-refractivity contribution >= 4 is 45.3 Å². The second kappa shape index (κ2) is 11.6. The Hall–Kier alpha value is -4.24. The van der Waals surface area contributed by atoms with Crippen molar-refractivity contribution < 1.29 is 32.2 Å². The number of fused-ring (bicyclic) bond motifs is 2. The second-order valence-electron chi connectivity index (χ2n) is 11.2. The molecular weight excluding hydrogens is 622 g/mol. The molecule has 11 nitrogen and oxygen atoms in total. The summed E-state index contributed by atoms with van der Waals surface area (Å²) in [6.07, 6.45) is -7.07. The normalized spacial score (nSPS) is 21.2. The Bertz CT molecular complexity index is 1850. The van der Waals surface area contributed by atoms with E-state index >= 15 is 0 Å². The molecule has 0 saturated carbocycles. The lowest BCUT2D eigenvalue weighted by Gasteiger charge is -2.39. The lowest BCUT2D eigenvalue weighted by molar-refractivity contribution is -0.146. The first kappa shape index (κ1) is 30.8. The minimum atomic E-state index is -5.09. The molecule has 1 unspecified atom stereocenters. The monoisotopic (exact) mass is 649 g/mol. The van der Waals surface area contributed by atoms with Crippen molar-refractivity contribution in [2.24, 2.45) is 0 Å². The summed E-state index contributed by atoms with van der Waals surface area (Å²) < 4.78 is 64.5. The predicted octanol–water partition coefficient (Wildman–Crippen LogP) is 4.61. The highest BCUT2D eigenvalue weighted by Crippen LogP contribution is 2.36. The van der Waals surface area contributed by atoms with Crippen LogP contribution in [-0.2, 0) is 6.18 Å². The van der Waals surface area contributed by atoms with Crippen molar-refractivity contribution in [1.29, 1.82) is 0 Å². The van der Waals surface area contributed by atoms with E-state index < -0.39 is 46.9 Å². The van der Waals surface area contributed by atoms with Gasteiger partial charge in [-0.15, -0.1) is 0 Å². The van der Waals surface area contributed by atoms with Gasteiger partial charge in [0.25, 0.3) is 5.56 Å². The molecule has 4 heterocycles. The van der Waals surface area contributed by atoms with E-state index in [4.69, 9.17) is 16.3 Å². The summed E-state index contributed by atoms with van der Waals surface area (Å²) in [6, 6.07) is 8.13. The van der Waals surface area contributed by atoms with Gasteiger partial charge in [-0.05, 0) is 37.9 Å². The summed E-state index contributed by atoms with van der Waals surface area (Å²) in [5.41, 5.74) is -2.13. The fourth-order valence-electron chi connectivity index (χ4n) is 6.00. The first-order chi connectivity index (χ1) is 21.3. The van der Waals surface area contributed by atoms with Crippen LogP contribution in [-0.4, -0.2) is 98.6 Å². The number of benzene rings is 2. The van der Waals surface area contributed by atoms with E-state index in [1.165, 1.54) is 23.1 Å². The average Bonchev–Trinajstić information content (AvgIpc) is 3.31. The van der Waals surface area contributed by atoms with E-state index in [0.717, 1.165) is 0 Å². The van der Waals surface area contributed by atoms with Crippen molar-refractivity contribution in [3.63, 3.8) is 0 Å². The number of anilines is 1. The van der Waals surface area contributed by atoms with Crippen LogP contribution in [0.25, 0.3) is 27.5 Å². The number of aromatic nitrogens is 4. The van der Waals surface area contributed by atoms with Gasteiger partial charge in [-0.3, -0.25) is 14.3 Å². The molecule has 2 saturated heterocycles. The van der Waals surface area contributed by atoms with E-state index in [1.807, 2.05) is 0 Å². The Morgan fingerprint density at radius 1 is 1.09 bits per heavy atom. The molecule has 238 valence electrons. The van der Waals surface area contributed by atoms with Gasteiger partial charge in [-0.25, -0.2) is 14.2 Å². The summed E-state index contributed by atoms with van der Waals surface area (Å²) in [7, 11) is 1.74. The standard InChI is InChI=1S/C29H28ClF4N7O4/c1-15-12-39(28(43)44)9-10-40(15)24-22-23(36-27(37-24)45-14-18-11-17(31)13-38(18)2)25(42)41(26(35-22)29(32,33)34)20-8-4-6-16-5-3-7-19(30)21(16)20/h3-8,15,17-18H,9-14H2,1-2H3,(H,43,44)/t15?,17-,18+/m1/s1. The fourth-order valence-corrected chi connectivity index (χ4v) is 6.28. The van der Waals surface area contributed by atoms with Crippen LogP contribution in [0.5, 0.6) is 6.01 Å². The fraction of sp³-hybridized carbons (Fsp3) is 0.414. The maximum absolute atomic E-state index is 14.7. The molecule has 0 spiro atoms. The Morgan fingerprint density at radius 2 is 1.82 bits per heavy atom. The number of alkyl halides is 4. The van der Waals surface area contributed by atoms with Crippen molar-refractivity contribution in [3.8, 4) is 11.7 Å². The largest absolute Gasteiger partial charge is 0.465 e. The zero-order valence-corrected chi connectivity index (χ0v) is 24.9. The van der Waals surface area contributed by atoms with Crippen LogP contribution >= 0.6 is 11.6 Å². The molecule has 16 heteroatoms. The van der Waals surface area contributed by atoms with Crippen LogP contribution in [0.3, 0.4) is 0 Å². The maximum atomic E-state index is 14.7. The molecule has 3 atom stereocenters. The zero-order valence-electron chi connectivity index (χ0n) is 24.1. The topological polar surface area (TPSA) is 117 Å². The number of rotatable bonds is 5. The van der Waals surface area contributed by atoms with E-state index in [2.05, 4.69) is 15.0 Å². The quantitative estimate of drug-likeness (QED) is 0.310. The van der Waals surface area contributed by atoms with Gasteiger partial charge in [0.2, 0.25) is 5.82 Å². The van der Waals surface area contributed by atoms with Crippen LogP contribution in [0.4, 0.5) is 28.2 Å². The number of amides is 1. The van der Waals surface area contributed by atoms with Crippen LogP contribution in [0.15, 0.2) is 41.2 Å². The van der Waals surface area contributed by atoms with Gasteiger partial charge in [0.1, 0.15) is 18.3 Å². The Morgan fingerprint density at radius 3 is 2.47 bits per heavy atom. The van der Waals surface area contributed by atoms with E-state index in [0.29, 0.717) is 9.95 Å². The number of nitrogens with zero attached hydrogens (tertiary/aromatic N) is 7. The number of halogens is 5. The molecule has 2 aromatic heterocycles. The predicted molar refractivity (Wildman–Crippen MR) is 158 cm³/mol. The van der Waals surface area contributed by atoms with Gasteiger partial charge in [0, 0.05) is 43.6 Å². The molecule has 1 amide bonds. The Labute approximate surface area is 258 Å². The van der Waals surface area contributed by atoms with Crippen molar-refractivity contribution in [1.82, 2.24) is 29.3 Å². The third-order valence-electron chi connectivity index (χ3n) is 8.22. The molecule has 2 aromatic carbocycles. The third-order valence-corrected chi connectivity index (χ3v) is 8.53. The molecule has 0 aliphatic carbocycles. The Kier molecular flexibility index (Phi) is 7.93. The highest BCUT2D eigenvalue weighted by atomic mass is 35.5. The van der Waals surface area contributed by atoms with Crippen molar-refractivity contribution in [2.45, 2.75) is 37.8 Å². The van der Waals surface area contributed by atoms with E-state index in [9.17, 15) is 32.3 Å². The summed E-state index contributed by atoms with van der Waals surface area (Å²) >= 11 is 6.43. The highest BCUT2D eigenvalue weighted by Gasteiger charge is 2.40. The number of piperazine rings is 1.